The first-order chi connectivity index (χ1) is 9.66. The summed E-state index contributed by atoms with van der Waals surface area (Å²) in [5.74, 6) is -0.307. The van der Waals surface area contributed by atoms with Crippen molar-refractivity contribution in [3.63, 3.8) is 0 Å². The predicted molar refractivity (Wildman–Crippen MR) is 78.4 cm³/mol. The minimum absolute atomic E-state index is 0.0961. The minimum atomic E-state index is -0.510. The normalized spacial score (nSPS) is 17.2. The number of amides is 2. The number of hydrogen-bond acceptors (Lipinski definition) is 2. The molecule has 1 atom stereocenters. The summed E-state index contributed by atoms with van der Waals surface area (Å²) in [6.07, 6.45) is 5.70. The lowest BCUT2D eigenvalue weighted by atomic mass is 9.95. The molecule has 2 amide bonds. The second-order valence-corrected chi connectivity index (χ2v) is 5.40. The third kappa shape index (κ3) is 4.08. The molecule has 2 N–H and O–H groups in total. The van der Waals surface area contributed by atoms with E-state index in [1.165, 1.54) is 19.3 Å². The Balaban J connectivity index is 1.83. The molecule has 0 spiro atoms. The highest BCUT2D eigenvalue weighted by Crippen LogP contribution is 2.17. The van der Waals surface area contributed by atoms with Crippen LogP contribution in [0, 0.1) is 0 Å². The van der Waals surface area contributed by atoms with Crippen molar-refractivity contribution in [2.24, 2.45) is 0 Å². The van der Waals surface area contributed by atoms with Crippen LogP contribution < -0.4 is 10.6 Å². The Hall–Kier alpha value is -1.84. The maximum Gasteiger partial charge on any atom is 0.251 e. The average molecular weight is 274 g/mol. The van der Waals surface area contributed by atoms with Crippen LogP contribution in [-0.4, -0.2) is 23.9 Å². The van der Waals surface area contributed by atoms with Gasteiger partial charge in [-0.3, -0.25) is 9.59 Å². The van der Waals surface area contributed by atoms with Crippen LogP contribution in [0.5, 0.6) is 0 Å². The van der Waals surface area contributed by atoms with E-state index in [-0.39, 0.29) is 17.9 Å². The fraction of sp³-hybridized carbons (Fsp3) is 0.500. The molecule has 20 heavy (non-hydrogen) atoms. The molecule has 1 aromatic carbocycles. The molecule has 0 aromatic heterocycles. The van der Waals surface area contributed by atoms with Gasteiger partial charge in [-0.2, -0.15) is 0 Å². The van der Waals surface area contributed by atoms with Gasteiger partial charge in [-0.05, 0) is 31.9 Å². The number of rotatable bonds is 4. The van der Waals surface area contributed by atoms with Crippen molar-refractivity contribution in [2.75, 3.05) is 0 Å². The van der Waals surface area contributed by atoms with E-state index in [4.69, 9.17) is 0 Å². The van der Waals surface area contributed by atoms with Crippen molar-refractivity contribution < 1.29 is 9.59 Å². The van der Waals surface area contributed by atoms with E-state index in [1.807, 2.05) is 18.2 Å². The van der Waals surface area contributed by atoms with Crippen molar-refractivity contribution in [3.8, 4) is 0 Å². The first kappa shape index (κ1) is 14.6. The van der Waals surface area contributed by atoms with Gasteiger partial charge in [0.05, 0.1) is 0 Å². The van der Waals surface area contributed by atoms with Crippen LogP contribution in [0.1, 0.15) is 49.4 Å². The lowest BCUT2D eigenvalue weighted by Crippen LogP contribution is -2.48. The van der Waals surface area contributed by atoms with Gasteiger partial charge < -0.3 is 10.6 Å². The Morgan fingerprint density at radius 3 is 2.40 bits per heavy atom. The average Bonchev–Trinajstić information content (AvgIpc) is 2.49. The van der Waals surface area contributed by atoms with Crippen LogP contribution in [0.15, 0.2) is 30.3 Å². The fourth-order valence-corrected chi connectivity index (χ4v) is 2.51. The molecule has 0 heterocycles. The van der Waals surface area contributed by atoms with Gasteiger partial charge in [0, 0.05) is 11.6 Å². The van der Waals surface area contributed by atoms with Crippen LogP contribution in [0.25, 0.3) is 0 Å². The molecule has 0 aliphatic heterocycles. The molecule has 108 valence electrons. The summed E-state index contributed by atoms with van der Waals surface area (Å²) < 4.78 is 0. The zero-order valence-electron chi connectivity index (χ0n) is 11.9. The van der Waals surface area contributed by atoms with Gasteiger partial charge >= 0.3 is 0 Å². The molecule has 1 aliphatic carbocycles. The Morgan fingerprint density at radius 1 is 1.10 bits per heavy atom. The predicted octanol–water partition coefficient (Wildman–Crippen LogP) is 2.25. The lowest BCUT2D eigenvalue weighted by molar-refractivity contribution is -0.123. The Kier molecular flexibility index (Phi) is 5.16. The number of nitrogens with one attached hydrogen (secondary N) is 2. The number of carbonyl (C=O) groups is 2. The van der Waals surface area contributed by atoms with Crippen molar-refractivity contribution in [1.29, 1.82) is 0 Å². The first-order valence-corrected chi connectivity index (χ1v) is 7.33. The summed E-state index contributed by atoms with van der Waals surface area (Å²) in [7, 11) is 0. The molecule has 0 radical (unpaired) electrons. The summed E-state index contributed by atoms with van der Waals surface area (Å²) >= 11 is 0. The van der Waals surface area contributed by atoms with Gasteiger partial charge in [-0.15, -0.1) is 0 Å². The number of carbonyl (C=O) groups excluding carboxylic acids is 2. The summed E-state index contributed by atoms with van der Waals surface area (Å²) in [6, 6.07) is 8.71. The number of hydrogen-bond donors (Lipinski definition) is 2. The molecule has 2 rings (SSSR count). The molecular weight excluding hydrogens is 252 g/mol. The van der Waals surface area contributed by atoms with Crippen molar-refractivity contribution >= 4 is 11.8 Å². The van der Waals surface area contributed by atoms with Gasteiger partial charge in [-0.25, -0.2) is 0 Å². The monoisotopic (exact) mass is 274 g/mol. The molecule has 4 nitrogen and oxygen atoms in total. The van der Waals surface area contributed by atoms with E-state index in [2.05, 4.69) is 10.6 Å². The first-order valence-electron chi connectivity index (χ1n) is 7.33. The van der Waals surface area contributed by atoms with E-state index >= 15 is 0 Å². The van der Waals surface area contributed by atoms with Gasteiger partial charge in [0.1, 0.15) is 6.04 Å². The molecule has 1 saturated carbocycles. The molecule has 1 fully saturated rings. The van der Waals surface area contributed by atoms with Gasteiger partial charge in [0.2, 0.25) is 5.91 Å². The summed E-state index contributed by atoms with van der Waals surface area (Å²) in [4.78, 5) is 24.0. The fourth-order valence-electron chi connectivity index (χ4n) is 2.51. The number of benzene rings is 1. The van der Waals surface area contributed by atoms with Crippen molar-refractivity contribution in [3.05, 3.63) is 35.9 Å². The van der Waals surface area contributed by atoms with E-state index in [1.54, 1.807) is 19.1 Å². The van der Waals surface area contributed by atoms with Crippen LogP contribution in [0.4, 0.5) is 0 Å². The minimum Gasteiger partial charge on any atom is -0.352 e. The lowest BCUT2D eigenvalue weighted by Gasteiger charge is -2.24. The Bertz CT molecular complexity index is 453. The molecule has 0 saturated heterocycles. The Morgan fingerprint density at radius 2 is 1.75 bits per heavy atom. The molecule has 1 aromatic rings. The SMILES string of the molecule is CC(NC(=O)c1ccccc1)C(=O)NC1CCCCC1. The molecule has 1 unspecified atom stereocenters. The quantitative estimate of drug-likeness (QED) is 0.884. The second kappa shape index (κ2) is 7.08. The van der Waals surface area contributed by atoms with Gasteiger partial charge in [-0.1, -0.05) is 37.5 Å². The smallest absolute Gasteiger partial charge is 0.251 e. The third-order valence-electron chi connectivity index (χ3n) is 3.73. The molecule has 4 heteroatoms. The zero-order chi connectivity index (χ0) is 14.4. The summed E-state index contributed by atoms with van der Waals surface area (Å²) in [5, 5.41) is 5.76. The van der Waals surface area contributed by atoms with E-state index in [9.17, 15) is 9.59 Å². The zero-order valence-corrected chi connectivity index (χ0v) is 11.9. The van der Waals surface area contributed by atoms with Crippen LogP contribution >= 0.6 is 0 Å². The maximum absolute atomic E-state index is 12.1. The van der Waals surface area contributed by atoms with E-state index in [0.717, 1.165) is 12.8 Å². The van der Waals surface area contributed by atoms with Crippen LogP contribution in [0.2, 0.25) is 0 Å². The summed E-state index contributed by atoms with van der Waals surface area (Å²) in [6.45, 7) is 1.72. The highest BCUT2D eigenvalue weighted by molar-refractivity contribution is 5.97. The van der Waals surface area contributed by atoms with Crippen molar-refractivity contribution in [1.82, 2.24) is 10.6 Å². The van der Waals surface area contributed by atoms with Crippen LogP contribution in [-0.2, 0) is 4.79 Å². The van der Waals surface area contributed by atoms with Crippen molar-refractivity contribution in [2.45, 2.75) is 51.1 Å². The van der Waals surface area contributed by atoms with Crippen LogP contribution in [0.3, 0.4) is 0 Å². The topological polar surface area (TPSA) is 58.2 Å². The Labute approximate surface area is 119 Å². The van der Waals surface area contributed by atoms with Gasteiger partial charge in [0.25, 0.3) is 5.91 Å². The van der Waals surface area contributed by atoms with Gasteiger partial charge in [0.15, 0.2) is 0 Å². The largest absolute Gasteiger partial charge is 0.352 e. The summed E-state index contributed by atoms with van der Waals surface area (Å²) in [5.41, 5.74) is 0.574. The molecule has 1 aliphatic rings. The molecule has 0 bridgehead atoms. The van der Waals surface area contributed by atoms with E-state index in [0.29, 0.717) is 5.56 Å². The van der Waals surface area contributed by atoms with E-state index < -0.39 is 6.04 Å². The third-order valence-corrected chi connectivity index (χ3v) is 3.73. The standard InChI is InChI=1S/C16H22N2O2/c1-12(15(19)18-14-10-6-3-7-11-14)17-16(20)13-8-4-2-5-9-13/h2,4-5,8-9,12,14H,3,6-7,10-11H2,1H3,(H,17,20)(H,18,19). The molecular formula is C16H22N2O2. The highest BCUT2D eigenvalue weighted by Gasteiger charge is 2.21. The highest BCUT2D eigenvalue weighted by atomic mass is 16.2. The second-order valence-electron chi connectivity index (χ2n) is 5.40. The maximum atomic E-state index is 12.1.